The SMILES string of the molecule is Cc1ccc(C(=O)N(C)Cc2ccco2)c(C2CCN(C(=O)CSC=Cc3ccccc3)CC2)n1. The van der Waals surface area contributed by atoms with E-state index in [9.17, 15) is 9.59 Å². The Kier molecular flexibility index (Phi) is 8.42. The molecule has 3 heterocycles. The average molecular weight is 490 g/mol. The number of thioether (sulfide) groups is 1. The highest BCUT2D eigenvalue weighted by molar-refractivity contribution is 8.02. The summed E-state index contributed by atoms with van der Waals surface area (Å²) in [6.45, 7) is 3.71. The zero-order chi connectivity index (χ0) is 24.6. The molecule has 2 amide bonds. The third kappa shape index (κ3) is 6.63. The topological polar surface area (TPSA) is 66.7 Å². The van der Waals surface area contributed by atoms with Crippen molar-refractivity contribution in [2.75, 3.05) is 25.9 Å². The Hall–Kier alpha value is -3.32. The Morgan fingerprint density at radius 1 is 1.11 bits per heavy atom. The van der Waals surface area contributed by atoms with Crippen LogP contribution in [0.1, 0.15) is 51.8 Å². The fourth-order valence-corrected chi connectivity index (χ4v) is 4.96. The van der Waals surface area contributed by atoms with Crippen LogP contribution in [-0.2, 0) is 11.3 Å². The number of pyridine rings is 1. The number of furan rings is 1. The van der Waals surface area contributed by atoms with Gasteiger partial charge in [-0.05, 0) is 61.1 Å². The van der Waals surface area contributed by atoms with E-state index < -0.39 is 0 Å². The van der Waals surface area contributed by atoms with E-state index in [4.69, 9.17) is 9.40 Å². The lowest BCUT2D eigenvalue weighted by atomic mass is 9.89. The van der Waals surface area contributed by atoms with E-state index in [0.29, 0.717) is 31.0 Å². The highest BCUT2D eigenvalue weighted by Crippen LogP contribution is 2.30. The number of benzene rings is 1. The number of carbonyl (C=O) groups excluding carboxylic acids is 2. The Morgan fingerprint density at radius 3 is 2.60 bits per heavy atom. The molecule has 1 aliphatic rings. The predicted molar refractivity (Wildman–Crippen MR) is 140 cm³/mol. The number of rotatable bonds is 8. The first kappa shape index (κ1) is 24.8. The van der Waals surface area contributed by atoms with Crippen LogP contribution < -0.4 is 0 Å². The lowest BCUT2D eigenvalue weighted by Gasteiger charge is -2.32. The molecular formula is C28H31N3O3S. The molecule has 4 rings (SSSR count). The summed E-state index contributed by atoms with van der Waals surface area (Å²) in [5.74, 6) is 1.41. The number of hydrogen-bond acceptors (Lipinski definition) is 5. The first-order chi connectivity index (χ1) is 17.0. The van der Waals surface area contributed by atoms with Gasteiger partial charge >= 0.3 is 0 Å². The van der Waals surface area contributed by atoms with E-state index in [0.717, 1.165) is 35.6 Å². The number of aryl methyl sites for hydroxylation is 1. The van der Waals surface area contributed by atoms with Crippen molar-refractivity contribution in [2.45, 2.75) is 32.2 Å². The van der Waals surface area contributed by atoms with Crippen molar-refractivity contribution in [1.82, 2.24) is 14.8 Å². The van der Waals surface area contributed by atoms with Crippen LogP contribution in [0.15, 0.2) is 70.7 Å². The molecule has 3 aromatic rings. The van der Waals surface area contributed by atoms with Gasteiger partial charge in [-0.15, -0.1) is 11.8 Å². The molecule has 0 bridgehead atoms. The molecule has 0 atom stereocenters. The standard InChI is InChI=1S/C28H31N3O3S/c1-21-10-11-25(28(33)30(2)19-24-9-6-17-34-24)27(29-21)23-12-15-31(16-13-23)26(32)20-35-18-14-22-7-4-3-5-8-22/h3-11,14,17-18,23H,12-13,15-16,19-20H2,1-2H3. The molecular weight excluding hydrogens is 458 g/mol. The van der Waals surface area contributed by atoms with Gasteiger partial charge in [-0.2, -0.15) is 0 Å². The van der Waals surface area contributed by atoms with Crippen molar-refractivity contribution in [3.8, 4) is 0 Å². The number of carbonyl (C=O) groups is 2. The highest BCUT2D eigenvalue weighted by Gasteiger charge is 2.28. The zero-order valence-corrected chi connectivity index (χ0v) is 21.0. The molecule has 182 valence electrons. The summed E-state index contributed by atoms with van der Waals surface area (Å²) in [6, 6.07) is 17.5. The second kappa shape index (κ2) is 11.9. The first-order valence-corrected chi connectivity index (χ1v) is 12.9. The van der Waals surface area contributed by atoms with Gasteiger partial charge in [0.25, 0.3) is 5.91 Å². The van der Waals surface area contributed by atoms with E-state index in [1.54, 1.807) is 18.2 Å². The molecule has 6 nitrogen and oxygen atoms in total. The minimum absolute atomic E-state index is 0.0657. The Bertz CT molecular complexity index is 1150. The maximum absolute atomic E-state index is 13.2. The van der Waals surface area contributed by atoms with Crippen LogP contribution in [0.3, 0.4) is 0 Å². The van der Waals surface area contributed by atoms with Crippen LogP contribution in [-0.4, -0.2) is 52.5 Å². The molecule has 35 heavy (non-hydrogen) atoms. The van der Waals surface area contributed by atoms with Crippen LogP contribution in [0.4, 0.5) is 0 Å². The van der Waals surface area contributed by atoms with Gasteiger partial charge in [0.1, 0.15) is 5.76 Å². The fraction of sp³-hybridized carbons (Fsp3) is 0.321. The van der Waals surface area contributed by atoms with E-state index in [2.05, 4.69) is 0 Å². The van der Waals surface area contributed by atoms with Gasteiger partial charge in [-0.3, -0.25) is 14.6 Å². The number of nitrogens with zero attached hydrogens (tertiary/aromatic N) is 3. The highest BCUT2D eigenvalue weighted by atomic mass is 32.2. The second-order valence-corrected chi connectivity index (χ2v) is 9.70. The smallest absolute Gasteiger partial charge is 0.255 e. The van der Waals surface area contributed by atoms with E-state index in [-0.39, 0.29) is 17.7 Å². The van der Waals surface area contributed by atoms with Gasteiger partial charge in [0.2, 0.25) is 5.91 Å². The third-order valence-electron chi connectivity index (χ3n) is 6.21. The quantitative estimate of drug-likeness (QED) is 0.426. The normalized spacial score (nSPS) is 14.4. The lowest BCUT2D eigenvalue weighted by Crippen LogP contribution is -2.39. The van der Waals surface area contributed by atoms with Gasteiger partial charge in [-0.1, -0.05) is 30.3 Å². The van der Waals surface area contributed by atoms with Gasteiger partial charge in [0.05, 0.1) is 29.8 Å². The van der Waals surface area contributed by atoms with Crippen molar-refractivity contribution in [3.05, 3.63) is 94.5 Å². The molecule has 1 aromatic carbocycles. The number of amides is 2. The molecule has 2 aromatic heterocycles. The van der Waals surface area contributed by atoms with Crippen molar-refractivity contribution in [3.63, 3.8) is 0 Å². The predicted octanol–water partition coefficient (Wildman–Crippen LogP) is 5.37. The average Bonchev–Trinajstić information content (AvgIpc) is 3.40. The van der Waals surface area contributed by atoms with Crippen molar-refractivity contribution in [2.24, 2.45) is 0 Å². The summed E-state index contributed by atoms with van der Waals surface area (Å²) in [6.07, 6.45) is 5.23. The second-order valence-electron chi connectivity index (χ2n) is 8.81. The number of hydrogen-bond donors (Lipinski definition) is 0. The van der Waals surface area contributed by atoms with E-state index in [1.165, 1.54) is 11.8 Å². The Balaban J connectivity index is 1.33. The molecule has 1 fully saturated rings. The van der Waals surface area contributed by atoms with Crippen LogP contribution in [0, 0.1) is 6.92 Å². The molecule has 0 spiro atoms. The summed E-state index contributed by atoms with van der Waals surface area (Å²) in [5, 5.41) is 1.98. The Morgan fingerprint density at radius 2 is 1.89 bits per heavy atom. The van der Waals surface area contributed by atoms with Gasteiger partial charge < -0.3 is 14.2 Å². The lowest BCUT2D eigenvalue weighted by molar-refractivity contribution is -0.129. The number of aromatic nitrogens is 1. The van der Waals surface area contributed by atoms with Gasteiger partial charge in [0.15, 0.2) is 0 Å². The molecule has 0 N–H and O–H groups in total. The van der Waals surface area contributed by atoms with Crippen molar-refractivity contribution >= 4 is 29.7 Å². The molecule has 0 unspecified atom stereocenters. The Labute approximate surface area is 211 Å². The van der Waals surface area contributed by atoms with Gasteiger partial charge in [0, 0.05) is 31.7 Å². The summed E-state index contributed by atoms with van der Waals surface area (Å²) in [4.78, 5) is 34.3. The summed E-state index contributed by atoms with van der Waals surface area (Å²) in [5.41, 5.74) is 3.49. The van der Waals surface area contributed by atoms with Crippen LogP contribution in [0.25, 0.3) is 6.08 Å². The first-order valence-electron chi connectivity index (χ1n) is 11.9. The minimum Gasteiger partial charge on any atom is -0.467 e. The number of likely N-dealkylation sites (tertiary alicyclic amines) is 1. The van der Waals surface area contributed by atoms with E-state index in [1.807, 2.05) is 77.9 Å². The number of piperidine rings is 1. The van der Waals surface area contributed by atoms with Crippen LogP contribution in [0.5, 0.6) is 0 Å². The van der Waals surface area contributed by atoms with Gasteiger partial charge in [-0.25, -0.2) is 0 Å². The molecule has 0 aliphatic carbocycles. The molecule has 0 saturated carbocycles. The van der Waals surface area contributed by atoms with Crippen LogP contribution >= 0.6 is 11.8 Å². The molecule has 1 aliphatic heterocycles. The maximum atomic E-state index is 13.2. The summed E-state index contributed by atoms with van der Waals surface area (Å²) in [7, 11) is 1.78. The van der Waals surface area contributed by atoms with Crippen molar-refractivity contribution in [1.29, 1.82) is 0 Å². The zero-order valence-electron chi connectivity index (χ0n) is 20.2. The van der Waals surface area contributed by atoms with E-state index >= 15 is 0 Å². The fourth-order valence-electron chi connectivity index (χ4n) is 4.29. The molecule has 7 heteroatoms. The summed E-state index contributed by atoms with van der Waals surface area (Å²) >= 11 is 1.52. The molecule has 1 saturated heterocycles. The van der Waals surface area contributed by atoms with Crippen molar-refractivity contribution < 1.29 is 14.0 Å². The maximum Gasteiger partial charge on any atom is 0.255 e. The molecule has 0 radical (unpaired) electrons. The minimum atomic E-state index is -0.0657. The van der Waals surface area contributed by atoms with Crippen LogP contribution in [0.2, 0.25) is 0 Å². The monoisotopic (exact) mass is 489 g/mol. The largest absolute Gasteiger partial charge is 0.467 e. The summed E-state index contributed by atoms with van der Waals surface area (Å²) < 4.78 is 5.39. The third-order valence-corrected chi connectivity index (χ3v) is 6.95.